The molecule has 0 fully saturated rings. The molecule has 0 aromatic carbocycles. The average molecular weight is 233 g/mol. The van der Waals surface area contributed by atoms with Crippen LogP contribution in [0.15, 0.2) is 12.2 Å². The van der Waals surface area contributed by atoms with Gasteiger partial charge in [0.15, 0.2) is 0 Å². The molecular weight excluding hydrogens is 209 g/mol. The first-order valence-corrected chi connectivity index (χ1v) is 6.14. The van der Waals surface area contributed by atoms with E-state index in [4.69, 9.17) is 4.74 Å². The molecule has 90 valence electrons. The van der Waals surface area contributed by atoms with Crippen molar-refractivity contribution < 1.29 is 4.74 Å². The van der Waals surface area contributed by atoms with Crippen molar-refractivity contribution in [3.8, 4) is 0 Å². The van der Waals surface area contributed by atoms with Gasteiger partial charge >= 0.3 is 0 Å². The molecule has 0 spiro atoms. The van der Waals surface area contributed by atoms with Crippen LogP contribution in [0.1, 0.15) is 6.92 Å². The number of ether oxygens (including phenoxy) is 1. The van der Waals surface area contributed by atoms with Gasteiger partial charge in [0, 0.05) is 0 Å². The molecule has 0 unspecified atom stereocenters. The molecule has 0 N–H and O–H groups in total. The lowest BCUT2D eigenvalue weighted by atomic mass is 10.4. The van der Waals surface area contributed by atoms with E-state index in [0.29, 0.717) is 13.3 Å². The predicted octanol–water partition coefficient (Wildman–Crippen LogP) is 1.82. The number of nitrogens with zero attached hydrogens (tertiary/aromatic N) is 3. The van der Waals surface area contributed by atoms with Gasteiger partial charge < -0.3 is 4.74 Å². The van der Waals surface area contributed by atoms with E-state index in [1.165, 1.54) is 0 Å². The van der Waals surface area contributed by atoms with E-state index >= 15 is 0 Å². The molecule has 0 amide bonds. The molecule has 4 nitrogen and oxygen atoms in total. The van der Waals surface area contributed by atoms with Gasteiger partial charge in [-0.2, -0.15) is 0 Å². The molecule has 0 rings (SSSR count). The summed E-state index contributed by atoms with van der Waals surface area (Å²) in [6, 6.07) is 0. The average Bonchev–Trinajstić information content (AvgIpc) is 2.01. The van der Waals surface area contributed by atoms with E-state index in [2.05, 4.69) is 55.8 Å². The topological polar surface area (TPSA) is 19.0 Å². The summed E-state index contributed by atoms with van der Waals surface area (Å²) in [7, 11) is 9.99. The van der Waals surface area contributed by atoms with Crippen LogP contribution >= 0.6 is 8.37 Å². The molecule has 0 bridgehead atoms. The number of hydrogen-bond acceptors (Lipinski definition) is 4. The lowest BCUT2D eigenvalue weighted by molar-refractivity contribution is 0.0956. The first-order chi connectivity index (χ1) is 6.86. The van der Waals surface area contributed by atoms with Crippen molar-refractivity contribution in [2.24, 2.45) is 0 Å². The zero-order valence-electron chi connectivity index (χ0n) is 10.8. The standard InChI is InChI=1S/C10H24N3OP/c1-10(2)8-14-9-13(7)15(11(3)4)12(5)6/h1,8-9H2,2-7H3. The Hall–Kier alpha value is 0.0100. The predicted molar refractivity (Wildman–Crippen MR) is 67.7 cm³/mol. The first-order valence-electron chi connectivity index (χ1n) is 4.94. The minimum absolute atomic E-state index is 0.425. The molecule has 0 aromatic rings. The van der Waals surface area contributed by atoms with Gasteiger partial charge in [0.25, 0.3) is 0 Å². The van der Waals surface area contributed by atoms with Crippen molar-refractivity contribution in [1.29, 1.82) is 0 Å². The maximum Gasteiger partial charge on any atom is 0.120 e. The summed E-state index contributed by atoms with van der Waals surface area (Å²) in [5, 5.41) is 0. The van der Waals surface area contributed by atoms with Crippen LogP contribution in [0.3, 0.4) is 0 Å². The molecule has 0 heterocycles. The summed E-state index contributed by atoms with van der Waals surface area (Å²) in [5.41, 5.74) is 1.06. The second-order valence-corrected chi connectivity index (χ2v) is 6.87. The minimum atomic E-state index is -0.425. The summed E-state index contributed by atoms with van der Waals surface area (Å²) in [4.78, 5) is 0. The van der Waals surface area contributed by atoms with Crippen LogP contribution in [-0.4, -0.2) is 62.6 Å². The molecule has 0 saturated heterocycles. The molecule has 0 radical (unpaired) electrons. The third-order valence-corrected chi connectivity index (χ3v) is 3.80. The fourth-order valence-corrected chi connectivity index (χ4v) is 3.49. The molecule has 0 atom stereocenters. The van der Waals surface area contributed by atoms with Crippen LogP contribution in [-0.2, 0) is 4.74 Å². The number of hydrogen-bond donors (Lipinski definition) is 0. The van der Waals surface area contributed by atoms with Gasteiger partial charge in [-0.3, -0.25) is 9.34 Å². The largest absolute Gasteiger partial charge is 0.361 e. The fourth-order valence-electron chi connectivity index (χ4n) is 1.37. The highest BCUT2D eigenvalue weighted by Crippen LogP contribution is 2.42. The van der Waals surface area contributed by atoms with Gasteiger partial charge in [-0.05, 0) is 42.2 Å². The molecule has 0 aliphatic rings. The highest BCUT2D eigenvalue weighted by Gasteiger charge is 2.19. The second kappa shape index (κ2) is 7.31. The van der Waals surface area contributed by atoms with Crippen molar-refractivity contribution in [3.63, 3.8) is 0 Å². The quantitative estimate of drug-likeness (QED) is 0.379. The van der Waals surface area contributed by atoms with E-state index in [9.17, 15) is 0 Å². The van der Waals surface area contributed by atoms with E-state index in [0.717, 1.165) is 5.57 Å². The first kappa shape index (κ1) is 15.0. The van der Waals surface area contributed by atoms with Gasteiger partial charge in [-0.15, -0.1) is 0 Å². The summed E-state index contributed by atoms with van der Waals surface area (Å²) in [6.07, 6.45) is 0. The maximum atomic E-state index is 5.53. The van der Waals surface area contributed by atoms with Crippen molar-refractivity contribution >= 4 is 8.37 Å². The van der Waals surface area contributed by atoms with Gasteiger partial charge in [-0.25, -0.2) is 4.67 Å². The zero-order chi connectivity index (χ0) is 12.0. The Morgan fingerprint density at radius 1 is 1.13 bits per heavy atom. The van der Waals surface area contributed by atoms with Crippen molar-refractivity contribution in [3.05, 3.63) is 12.2 Å². The lowest BCUT2D eigenvalue weighted by Crippen LogP contribution is -2.30. The smallest absolute Gasteiger partial charge is 0.120 e. The van der Waals surface area contributed by atoms with Crippen LogP contribution in [0.5, 0.6) is 0 Å². The lowest BCUT2D eigenvalue weighted by Gasteiger charge is -2.36. The number of rotatable bonds is 7. The van der Waals surface area contributed by atoms with Crippen LogP contribution < -0.4 is 0 Å². The summed E-state index contributed by atoms with van der Waals surface area (Å²) in [5.74, 6) is 0. The Labute approximate surface area is 95.4 Å². The van der Waals surface area contributed by atoms with E-state index in [1.807, 2.05) is 6.92 Å². The van der Waals surface area contributed by atoms with Crippen LogP contribution in [0.2, 0.25) is 0 Å². The summed E-state index contributed by atoms with van der Waals surface area (Å²) < 4.78 is 12.1. The van der Waals surface area contributed by atoms with Crippen molar-refractivity contribution in [1.82, 2.24) is 14.0 Å². The minimum Gasteiger partial charge on any atom is -0.361 e. The monoisotopic (exact) mass is 233 g/mol. The van der Waals surface area contributed by atoms with Crippen LogP contribution in [0.25, 0.3) is 0 Å². The third kappa shape index (κ3) is 6.23. The van der Waals surface area contributed by atoms with Crippen LogP contribution in [0.4, 0.5) is 0 Å². The Bertz CT molecular complexity index is 189. The van der Waals surface area contributed by atoms with Crippen molar-refractivity contribution in [2.45, 2.75) is 6.92 Å². The molecule has 15 heavy (non-hydrogen) atoms. The molecular formula is C10H24N3OP. The molecule has 5 heteroatoms. The third-order valence-electron chi connectivity index (χ3n) is 1.65. The maximum absolute atomic E-state index is 5.53. The Balaban J connectivity index is 4.03. The van der Waals surface area contributed by atoms with E-state index < -0.39 is 8.37 Å². The van der Waals surface area contributed by atoms with Gasteiger partial charge in [-0.1, -0.05) is 12.2 Å². The Kier molecular flexibility index (Phi) is 7.32. The van der Waals surface area contributed by atoms with Gasteiger partial charge in [0.1, 0.15) is 15.1 Å². The molecule has 0 aliphatic heterocycles. The Morgan fingerprint density at radius 3 is 1.93 bits per heavy atom. The summed E-state index contributed by atoms with van der Waals surface area (Å²) in [6.45, 7) is 7.05. The molecule has 0 aliphatic carbocycles. The molecule has 0 saturated carbocycles. The summed E-state index contributed by atoms with van der Waals surface area (Å²) >= 11 is 0. The fraction of sp³-hybridized carbons (Fsp3) is 0.800. The Morgan fingerprint density at radius 2 is 1.60 bits per heavy atom. The van der Waals surface area contributed by atoms with Crippen LogP contribution in [0, 0.1) is 0 Å². The highest BCUT2D eigenvalue weighted by molar-refractivity contribution is 7.49. The SMILES string of the molecule is C=C(C)COCN(C)P(N(C)C)N(C)C. The highest BCUT2D eigenvalue weighted by atomic mass is 31.2. The normalized spacial score (nSPS) is 12.1. The van der Waals surface area contributed by atoms with E-state index in [1.54, 1.807) is 0 Å². The zero-order valence-corrected chi connectivity index (χ0v) is 11.7. The van der Waals surface area contributed by atoms with Gasteiger partial charge in [0.05, 0.1) is 6.61 Å². The molecule has 0 aromatic heterocycles. The van der Waals surface area contributed by atoms with E-state index in [-0.39, 0.29) is 0 Å². The van der Waals surface area contributed by atoms with Crippen molar-refractivity contribution in [2.75, 3.05) is 48.6 Å². The second-order valence-electron chi connectivity index (χ2n) is 4.06. The van der Waals surface area contributed by atoms with Gasteiger partial charge in [0.2, 0.25) is 0 Å².